The van der Waals surface area contributed by atoms with E-state index in [0.29, 0.717) is 5.56 Å². The summed E-state index contributed by atoms with van der Waals surface area (Å²) in [7, 11) is 0. The second kappa shape index (κ2) is 8.04. The maximum absolute atomic E-state index is 12.6. The van der Waals surface area contributed by atoms with E-state index in [4.69, 9.17) is 4.74 Å². The van der Waals surface area contributed by atoms with Gasteiger partial charge in [0.1, 0.15) is 0 Å². The van der Waals surface area contributed by atoms with E-state index in [1.165, 1.54) is 22.9 Å². The van der Waals surface area contributed by atoms with Crippen molar-refractivity contribution in [2.24, 2.45) is 0 Å². The fraction of sp³-hybridized carbons (Fsp3) is 0.160. The third-order valence-electron chi connectivity index (χ3n) is 5.54. The fourth-order valence-corrected chi connectivity index (χ4v) is 5.06. The maximum Gasteiger partial charge on any atom is 0.307 e. The zero-order valence-electron chi connectivity index (χ0n) is 16.6. The Kier molecular flexibility index (Phi) is 5.08. The minimum absolute atomic E-state index is 0.0876. The average Bonchev–Trinajstić information content (AvgIpc) is 3.16. The lowest BCUT2D eigenvalue weighted by molar-refractivity contribution is -0.143. The van der Waals surface area contributed by atoms with Crippen molar-refractivity contribution in [2.45, 2.75) is 23.0 Å². The maximum atomic E-state index is 12.6. The molecular formula is C25H19NO4S. The third-order valence-corrected chi connectivity index (χ3v) is 6.82. The number of thioether (sulfide) groups is 1. The van der Waals surface area contributed by atoms with Crippen molar-refractivity contribution < 1.29 is 19.1 Å². The van der Waals surface area contributed by atoms with Crippen LogP contribution in [0.5, 0.6) is 0 Å². The minimum Gasteiger partial charge on any atom is -0.457 e. The van der Waals surface area contributed by atoms with Crippen LogP contribution in [0.25, 0.3) is 11.1 Å². The Morgan fingerprint density at radius 1 is 0.968 bits per heavy atom. The van der Waals surface area contributed by atoms with E-state index in [0.717, 1.165) is 28.1 Å². The van der Waals surface area contributed by atoms with Gasteiger partial charge in [0, 0.05) is 10.5 Å². The van der Waals surface area contributed by atoms with Gasteiger partial charge in [-0.1, -0.05) is 48.5 Å². The van der Waals surface area contributed by atoms with Gasteiger partial charge in [-0.2, -0.15) is 0 Å². The van der Waals surface area contributed by atoms with Gasteiger partial charge in [-0.15, -0.1) is 11.8 Å². The van der Waals surface area contributed by atoms with Gasteiger partial charge in [-0.3, -0.25) is 14.4 Å². The van der Waals surface area contributed by atoms with Crippen LogP contribution < -0.4 is 5.32 Å². The average molecular weight is 429 g/mol. The molecule has 1 amide bonds. The molecule has 0 fully saturated rings. The second-order valence-electron chi connectivity index (χ2n) is 7.59. The van der Waals surface area contributed by atoms with E-state index in [9.17, 15) is 14.4 Å². The molecule has 0 saturated heterocycles. The molecule has 0 aromatic heterocycles. The molecule has 3 aromatic carbocycles. The van der Waals surface area contributed by atoms with E-state index in [-0.39, 0.29) is 24.7 Å². The molecule has 3 aromatic rings. The van der Waals surface area contributed by atoms with Crippen molar-refractivity contribution in [1.29, 1.82) is 0 Å². The molecular weight excluding hydrogens is 410 g/mol. The van der Waals surface area contributed by atoms with Crippen molar-refractivity contribution >= 4 is 35.1 Å². The van der Waals surface area contributed by atoms with E-state index < -0.39 is 11.2 Å². The number of fused-ring (bicyclic) bond motifs is 4. The Morgan fingerprint density at radius 3 is 2.65 bits per heavy atom. The molecule has 0 radical (unpaired) electrons. The number of carbonyl (C=O) groups is 3. The zero-order chi connectivity index (χ0) is 21.4. The van der Waals surface area contributed by atoms with Crippen molar-refractivity contribution in [3.05, 3.63) is 83.4 Å². The molecule has 31 heavy (non-hydrogen) atoms. The summed E-state index contributed by atoms with van der Waals surface area (Å²) < 4.78 is 5.20. The van der Waals surface area contributed by atoms with Gasteiger partial charge in [0.25, 0.3) is 0 Å². The molecule has 0 spiro atoms. The van der Waals surface area contributed by atoms with Crippen LogP contribution in [-0.2, 0) is 20.7 Å². The summed E-state index contributed by atoms with van der Waals surface area (Å²) in [6, 6.07) is 21.2. The predicted molar refractivity (Wildman–Crippen MR) is 119 cm³/mol. The summed E-state index contributed by atoms with van der Waals surface area (Å²) in [5.41, 5.74) is 5.90. The van der Waals surface area contributed by atoms with E-state index in [1.54, 1.807) is 6.07 Å². The number of hydrogen-bond acceptors (Lipinski definition) is 5. The molecule has 0 saturated carbocycles. The number of esters is 1. The number of ketones is 1. The lowest BCUT2D eigenvalue weighted by Gasteiger charge is -2.23. The highest BCUT2D eigenvalue weighted by molar-refractivity contribution is 8.01. The third kappa shape index (κ3) is 3.86. The molecule has 0 unspecified atom stereocenters. The number of anilines is 1. The Balaban J connectivity index is 1.21. The van der Waals surface area contributed by atoms with Gasteiger partial charge in [0.05, 0.1) is 17.4 Å². The molecule has 154 valence electrons. The van der Waals surface area contributed by atoms with Crippen molar-refractivity contribution in [1.82, 2.24) is 0 Å². The first-order valence-corrected chi connectivity index (χ1v) is 10.9. The molecule has 1 aliphatic heterocycles. The first kappa shape index (κ1) is 19.6. The van der Waals surface area contributed by atoms with Crippen LogP contribution >= 0.6 is 11.8 Å². The number of rotatable bonds is 5. The Bertz CT molecular complexity index is 1220. The van der Waals surface area contributed by atoms with Gasteiger partial charge in [0.15, 0.2) is 12.4 Å². The summed E-state index contributed by atoms with van der Waals surface area (Å²) in [5.74, 6) is -1.05. The van der Waals surface area contributed by atoms with Crippen LogP contribution in [0.1, 0.15) is 27.9 Å². The lowest BCUT2D eigenvalue weighted by atomic mass is 10.0. The number of hydrogen-bond donors (Lipinski definition) is 1. The highest BCUT2D eigenvalue weighted by Gasteiger charge is 2.29. The molecule has 5 nitrogen and oxygen atoms in total. The van der Waals surface area contributed by atoms with Crippen molar-refractivity contribution in [2.75, 3.05) is 11.9 Å². The molecule has 1 aliphatic carbocycles. The Labute approximate surface area is 183 Å². The quantitative estimate of drug-likeness (QED) is 0.374. The normalized spacial score (nSPS) is 16.0. The van der Waals surface area contributed by atoms with Crippen LogP contribution in [0.15, 0.2) is 71.6 Å². The minimum atomic E-state index is -0.575. The first-order chi connectivity index (χ1) is 15.1. The largest absolute Gasteiger partial charge is 0.457 e. The van der Waals surface area contributed by atoms with Crippen molar-refractivity contribution in [3.63, 3.8) is 0 Å². The molecule has 1 heterocycles. The molecule has 2 aliphatic rings. The number of carbonyl (C=O) groups excluding carboxylic acids is 3. The zero-order valence-corrected chi connectivity index (χ0v) is 17.4. The number of para-hydroxylation sites is 1. The van der Waals surface area contributed by atoms with Crippen molar-refractivity contribution in [3.8, 4) is 11.1 Å². The van der Waals surface area contributed by atoms with Gasteiger partial charge >= 0.3 is 5.97 Å². The number of benzene rings is 3. The highest BCUT2D eigenvalue weighted by Crippen LogP contribution is 2.38. The summed E-state index contributed by atoms with van der Waals surface area (Å²) in [6.45, 7) is -0.338. The van der Waals surface area contributed by atoms with Gasteiger partial charge in [-0.05, 0) is 46.9 Å². The number of nitrogens with one attached hydrogen (secondary N) is 1. The molecule has 0 bridgehead atoms. The summed E-state index contributed by atoms with van der Waals surface area (Å²) in [5, 5.41) is 2.23. The van der Waals surface area contributed by atoms with Gasteiger partial charge in [0.2, 0.25) is 5.91 Å². The SMILES string of the molecule is O=C(C[C@H]1Sc2ccccc2NC1=O)OCC(=O)c1ccc2c(c1)-c1ccccc1C2. The highest BCUT2D eigenvalue weighted by atomic mass is 32.2. The second-order valence-corrected chi connectivity index (χ2v) is 8.83. The Morgan fingerprint density at radius 2 is 1.74 bits per heavy atom. The number of ether oxygens (including phenoxy) is 1. The predicted octanol–water partition coefficient (Wildman–Crippen LogP) is 4.49. The van der Waals surface area contributed by atoms with E-state index in [2.05, 4.69) is 17.4 Å². The van der Waals surface area contributed by atoms with Crippen LogP contribution in [0.3, 0.4) is 0 Å². The number of amides is 1. The van der Waals surface area contributed by atoms with Gasteiger partial charge in [-0.25, -0.2) is 0 Å². The summed E-state index contributed by atoms with van der Waals surface area (Å²) in [4.78, 5) is 38.1. The van der Waals surface area contributed by atoms with Crippen LogP contribution in [-0.4, -0.2) is 29.5 Å². The van der Waals surface area contributed by atoms with Gasteiger partial charge < -0.3 is 10.1 Å². The molecule has 6 heteroatoms. The van der Waals surface area contributed by atoms with Crippen LogP contribution in [0, 0.1) is 0 Å². The molecule has 1 N–H and O–H groups in total. The standard InChI is InChI=1S/C25H19NO4S/c27-21(17-10-9-16-11-15-5-1-2-6-18(15)19(16)12-17)14-30-24(28)13-23-25(29)26-20-7-3-4-8-22(20)31-23/h1-10,12,23H,11,13-14H2,(H,26,29)/t23-/m1/s1. The van der Waals surface area contributed by atoms with E-state index >= 15 is 0 Å². The molecule has 1 atom stereocenters. The fourth-order valence-electron chi connectivity index (χ4n) is 3.96. The first-order valence-electron chi connectivity index (χ1n) is 10.0. The van der Waals surface area contributed by atoms with Crippen LogP contribution in [0.4, 0.5) is 5.69 Å². The van der Waals surface area contributed by atoms with Crippen LogP contribution in [0.2, 0.25) is 0 Å². The molecule has 5 rings (SSSR count). The lowest BCUT2D eigenvalue weighted by Crippen LogP contribution is -2.31. The summed E-state index contributed by atoms with van der Waals surface area (Å²) in [6.07, 6.45) is 0.773. The topological polar surface area (TPSA) is 72.5 Å². The monoisotopic (exact) mass is 429 g/mol. The smallest absolute Gasteiger partial charge is 0.307 e. The Hall–Kier alpha value is -3.38. The van der Waals surface area contributed by atoms with E-state index in [1.807, 2.05) is 48.5 Å². The summed E-state index contributed by atoms with van der Waals surface area (Å²) >= 11 is 1.33. The number of Topliss-reactive ketones (excluding diaryl/α,β-unsaturated/α-hetero) is 1.